The molecular formula is C23H21N7O4S. The molecule has 2 saturated heterocycles. The van der Waals surface area contributed by atoms with Crippen LogP contribution in [0.25, 0.3) is 10.2 Å². The number of nitrogens with one attached hydrogen (secondary N) is 1. The van der Waals surface area contributed by atoms with Crippen LogP contribution >= 0.6 is 11.3 Å². The Balaban J connectivity index is 1.14. The van der Waals surface area contributed by atoms with Crippen LogP contribution in [-0.4, -0.2) is 81.4 Å². The monoisotopic (exact) mass is 491 g/mol. The van der Waals surface area contributed by atoms with Crippen LogP contribution in [0, 0.1) is 0 Å². The molecule has 3 aromatic rings. The van der Waals surface area contributed by atoms with E-state index in [1.807, 2.05) is 17.5 Å². The number of benzene rings is 1. The molecule has 6 rings (SSSR count). The summed E-state index contributed by atoms with van der Waals surface area (Å²) >= 11 is 1.64. The third-order valence-corrected chi connectivity index (χ3v) is 7.40. The van der Waals surface area contributed by atoms with Gasteiger partial charge < -0.3 is 4.90 Å². The van der Waals surface area contributed by atoms with Gasteiger partial charge in [0.2, 0.25) is 5.91 Å². The maximum atomic E-state index is 13.0. The summed E-state index contributed by atoms with van der Waals surface area (Å²) in [4.78, 5) is 62.9. The molecule has 0 radical (unpaired) electrons. The van der Waals surface area contributed by atoms with Crippen molar-refractivity contribution >= 4 is 51.1 Å². The van der Waals surface area contributed by atoms with Gasteiger partial charge in [-0.05, 0) is 29.1 Å². The summed E-state index contributed by atoms with van der Waals surface area (Å²) < 4.78 is 1.10. The first kappa shape index (κ1) is 21.6. The van der Waals surface area contributed by atoms with Crippen LogP contribution in [0.2, 0.25) is 0 Å². The minimum atomic E-state index is -0.766. The van der Waals surface area contributed by atoms with Crippen molar-refractivity contribution in [3.63, 3.8) is 0 Å². The van der Waals surface area contributed by atoms with Crippen LogP contribution < -0.4 is 10.2 Å². The number of fused-ring (bicyclic) bond motifs is 2. The van der Waals surface area contributed by atoms with Gasteiger partial charge in [-0.3, -0.25) is 24.6 Å². The first-order chi connectivity index (χ1) is 17.0. The van der Waals surface area contributed by atoms with Crippen LogP contribution in [0.3, 0.4) is 0 Å². The lowest BCUT2D eigenvalue weighted by Gasteiger charge is -2.35. The van der Waals surface area contributed by atoms with Crippen molar-refractivity contribution in [2.24, 2.45) is 0 Å². The Kier molecular flexibility index (Phi) is 5.19. The van der Waals surface area contributed by atoms with Crippen molar-refractivity contribution in [1.82, 2.24) is 30.2 Å². The van der Waals surface area contributed by atoms with E-state index in [0.29, 0.717) is 6.54 Å². The fraction of sp³-hybridized carbons (Fsp3) is 0.304. The van der Waals surface area contributed by atoms with E-state index in [0.717, 1.165) is 57.8 Å². The van der Waals surface area contributed by atoms with E-state index >= 15 is 0 Å². The highest BCUT2D eigenvalue weighted by Crippen LogP contribution is 2.29. The Labute approximate surface area is 203 Å². The first-order valence-electron chi connectivity index (χ1n) is 11.3. The third kappa shape index (κ3) is 3.70. The molecule has 11 nitrogen and oxygen atoms in total. The molecule has 1 N–H and O–H groups in total. The van der Waals surface area contributed by atoms with Crippen LogP contribution in [0.15, 0.2) is 36.0 Å². The summed E-state index contributed by atoms with van der Waals surface area (Å²) in [7, 11) is 0. The van der Waals surface area contributed by atoms with Gasteiger partial charge in [0.05, 0.1) is 27.9 Å². The molecule has 1 aromatic carbocycles. The van der Waals surface area contributed by atoms with Gasteiger partial charge in [-0.15, -0.1) is 11.3 Å². The lowest BCUT2D eigenvalue weighted by molar-refractivity contribution is -0.122. The molecule has 5 amide bonds. The summed E-state index contributed by atoms with van der Waals surface area (Å²) in [6, 6.07) is 6.45. The number of hydrogen-bond acceptors (Lipinski definition) is 9. The Morgan fingerprint density at radius 3 is 2.51 bits per heavy atom. The van der Waals surface area contributed by atoms with Crippen molar-refractivity contribution in [1.29, 1.82) is 0 Å². The second-order valence-electron chi connectivity index (χ2n) is 8.62. The van der Waals surface area contributed by atoms with Gasteiger partial charge in [0.25, 0.3) is 11.8 Å². The van der Waals surface area contributed by atoms with Crippen molar-refractivity contribution in [3.8, 4) is 0 Å². The third-order valence-electron chi connectivity index (χ3n) is 6.50. The molecule has 3 aliphatic heterocycles. The number of aromatic nitrogens is 2. The summed E-state index contributed by atoms with van der Waals surface area (Å²) in [5.74, 6) is -0.566. The second-order valence-corrected chi connectivity index (χ2v) is 9.54. The van der Waals surface area contributed by atoms with Crippen LogP contribution in [0.5, 0.6) is 0 Å². The maximum absolute atomic E-state index is 13.0. The standard InChI is InChI=1S/C23H21N7O4S/c31-18-3-5-29(23(34)26-18)30-21(32)15-2-1-14(11-16(15)22(30)33)12-27-6-8-28(9-7-27)20-19-17(4-10-35-19)24-13-25-20/h1-2,4,10-11,13H,3,5-9,12H2,(H,26,31,34). The minimum absolute atomic E-state index is 0.0165. The summed E-state index contributed by atoms with van der Waals surface area (Å²) in [5.41, 5.74) is 2.41. The second kappa shape index (κ2) is 8.40. The molecule has 3 aliphatic rings. The van der Waals surface area contributed by atoms with Gasteiger partial charge in [-0.2, -0.15) is 5.01 Å². The molecule has 35 heavy (non-hydrogen) atoms. The number of carbonyl (C=O) groups is 4. The lowest BCUT2D eigenvalue weighted by atomic mass is 10.1. The highest BCUT2D eigenvalue weighted by atomic mass is 32.1. The molecule has 0 saturated carbocycles. The Morgan fingerprint density at radius 2 is 1.71 bits per heavy atom. The smallest absolute Gasteiger partial charge is 0.343 e. The number of amides is 5. The molecule has 2 fully saturated rings. The number of anilines is 1. The molecule has 0 aliphatic carbocycles. The number of piperazine rings is 1. The van der Waals surface area contributed by atoms with Crippen LogP contribution in [-0.2, 0) is 11.3 Å². The van der Waals surface area contributed by atoms with Crippen LogP contribution in [0.4, 0.5) is 10.6 Å². The lowest BCUT2D eigenvalue weighted by Crippen LogP contribution is -2.58. The molecule has 0 atom stereocenters. The fourth-order valence-corrected chi connectivity index (χ4v) is 5.58. The topological polar surface area (TPSA) is 119 Å². The normalized spacial score (nSPS) is 19.0. The van der Waals surface area contributed by atoms with E-state index in [4.69, 9.17) is 0 Å². The zero-order valence-electron chi connectivity index (χ0n) is 18.6. The van der Waals surface area contributed by atoms with Crippen LogP contribution in [0.1, 0.15) is 32.7 Å². The van der Waals surface area contributed by atoms with E-state index in [2.05, 4.69) is 25.1 Å². The zero-order valence-corrected chi connectivity index (χ0v) is 19.5. The van der Waals surface area contributed by atoms with E-state index in [9.17, 15) is 19.2 Å². The Bertz CT molecular complexity index is 1380. The van der Waals surface area contributed by atoms with Gasteiger partial charge in [-0.1, -0.05) is 6.07 Å². The van der Waals surface area contributed by atoms with Gasteiger partial charge in [-0.25, -0.2) is 19.8 Å². The van der Waals surface area contributed by atoms with E-state index in [1.165, 1.54) is 0 Å². The zero-order chi connectivity index (χ0) is 24.1. The van der Waals surface area contributed by atoms with Gasteiger partial charge in [0, 0.05) is 39.1 Å². The predicted octanol–water partition coefficient (Wildman–Crippen LogP) is 1.47. The van der Waals surface area contributed by atoms with E-state index < -0.39 is 23.8 Å². The number of hydrazine groups is 1. The van der Waals surface area contributed by atoms with Crippen molar-refractivity contribution in [2.75, 3.05) is 37.6 Å². The van der Waals surface area contributed by atoms with Crippen molar-refractivity contribution in [2.45, 2.75) is 13.0 Å². The van der Waals surface area contributed by atoms with Gasteiger partial charge in [0.15, 0.2) is 0 Å². The highest BCUT2D eigenvalue weighted by molar-refractivity contribution is 7.17. The molecule has 12 heteroatoms. The molecule has 2 aromatic heterocycles. The SMILES string of the molecule is O=C1CCN(N2C(=O)c3ccc(CN4CCN(c5ncnc6ccsc56)CC4)cc3C2=O)C(=O)N1. The number of rotatable bonds is 4. The van der Waals surface area contributed by atoms with Crippen molar-refractivity contribution in [3.05, 3.63) is 52.7 Å². The first-order valence-corrected chi connectivity index (χ1v) is 12.2. The van der Waals surface area contributed by atoms with Gasteiger partial charge >= 0.3 is 6.03 Å². The largest absolute Gasteiger partial charge is 0.353 e. The average molecular weight is 492 g/mol. The number of nitrogens with zero attached hydrogens (tertiary/aromatic N) is 6. The number of imide groups is 2. The van der Waals surface area contributed by atoms with Gasteiger partial charge in [0.1, 0.15) is 12.1 Å². The minimum Gasteiger partial charge on any atom is -0.353 e. The predicted molar refractivity (Wildman–Crippen MR) is 127 cm³/mol. The number of thiophene rings is 1. The van der Waals surface area contributed by atoms with Crippen molar-refractivity contribution < 1.29 is 19.2 Å². The fourth-order valence-electron chi connectivity index (χ4n) is 4.72. The molecular weight excluding hydrogens is 470 g/mol. The molecule has 0 unspecified atom stereocenters. The number of carbonyl (C=O) groups excluding carboxylic acids is 4. The summed E-state index contributed by atoms with van der Waals surface area (Å²) in [6.07, 6.45) is 1.64. The molecule has 178 valence electrons. The Hall–Kier alpha value is -3.90. The highest BCUT2D eigenvalue weighted by Gasteiger charge is 2.43. The molecule has 0 bridgehead atoms. The van der Waals surface area contributed by atoms with E-state index in [1.54, 1.807) is 29.8 Å². The summed E-state index contributed by atoms with van der Waals surface area (Å²) in [5, 5.41) is 6.01. The number of urea groups is 1. The quantitative estimate of drug-likeness (QED) is 0.545. The number of hydrogen-bond donors (Lipinski definition) is 1. The van der Waals surface area contributed by atoms with E-state index in [-0.39, 0.29) is 24.1 Å². The maximum Gasteiger partial charge on any atom is 0.343 e. The Morgan fingerprint density at radius 1 is 0.914 bits per heavy atom. The average Bonchev–Trinajstić information content (AvgIpc) is 3.43. The summed E-state index contributed by atoms with van der Waals surface area (Å²) in [6.45, 7) is 3.92. The molecule has 5 heterocycles. The molecule has 0 spiro atoms.